The minimum Gasteiger partial charge on any atom is -0.496 e. The highest BCUT2D eigenvalue weighted by Gasteiger charge is 2.14. The van der Waals surface area contributed by atoms with Gasteiger partial charge in [-0.25, -0.2) is 0 Å². The van der Waals surface area contributed by atoms with Crippen molar-refractivity contribution in [3.63, 3.8) is 0 Å². The summed E-state index contributed by atoms with van der Waals surface area (Å²) in [5.41, 5.74) is 1.27. The molecule has 0 N–H and O–H groups in total. The number of rotatable bonds is 6. The second kappa shape index (κ2) is 8.89. The van der Waals surface area contributed by atoms with E-state index in [0.717, 1.165) is 10.2 Å². The number of thiazole rings is 1. The van der Waals surface area contributed by atoms with Crippen LogP contribution in [0.3, 0.4) is 0 Å². The first kappa shape index (κ1) is 19.9. The smallest absolute Gasteiger partial charge is 0.283 e. The van der Waals surface area contributed by atoms with Crippen LogP contribution in [0.4, 0.5) is 0 Å². The van der Waals surface area contributed by atoms with Gasteiger partial charge in [-0.05, 0) is 43.3 Å². The molecule has 0 unspecified atom stereocenters. The Balaban J connectivity index is 2.10. The lowest BCUT2D eigenvalue weighted by molar-refractivity contribution is 0.0993. The van der Waals surface area contributed by atoms with E-state index in [1.54, 1.807) is 18.2 Å². The third kappa shape index (κ3) is 4.52. The number of ether oxygens (including phenoxy) is 2. The number of benzene rings is 2. The van der Waals surface area contributed by atoms with Gasteiger partial charge < -0.3 is 14.0 Å². The van der Waals surface area contributed by atoms with Crippen LogP contribution in [-0.2, 0) is 11.3 Å². The molecule has 1 aromatic heterocycles. The maximum absolute atomic E-state index is 12.8. The monoisotopic (exact) mass is 424 g/mol. The van der Waals surface area contributed by atoms with Gasteiger partial charge in [-0.3, -0.25) is 4.79 Å². The van der Waals surface area contributed by atoms with Crippen molar-refractivity contribution in [2.45, 2.75) is 13.5 Å². The van der Waals surface area contributed by atoms with Crippen LogP contribution < -0.4 is 9.54 Å². The van der Waals surface area contributed by atoms with Gasteiger partial charge in [0, 0.05) is 23.2 Å². The molecule has 1 heterocycles. The Bertz CT molecular complexity index is 1040. The minimum atomic E-state index is -0.419. The van der Waals surface area contributed by atoms with Crippen molar-refractivity contribution in [3.8, 4) is 5.75 Å². The Morgan fingerprint density at radius 1 is 1.19 bits per heavy atom. The van der Waals surface area contributed by atoms with E-state index < -0.39 is 5.91 Å². The lowest BCUT2D eigenvalue weighted by Crippen LogP contribution is -2.20. The fourth-order valence-corrected chi connectivity index (χ4v) is 4.15. The zero-order valence-electron chi connectivity index (χ0n) is 14.9. The molecule has 0 saturated heterocycles. The van der Waals surface area contributed by atoms with E-state index in [4.69, 9.17) is 32.7 Å². The summed E-state index contributed by atoms with van der Waals surface area (Å²) in [6, 6.07) is 10.5. The zero-order valence-corrected chi connectivity index (χ0v) is 17.2. The second-order valence-corrected chi connectivity index (χ2v) is 7.49. The molecule has 3 aromatic rings. The molecule has 0 radical (unpaired) electrons. The quantitative estimate of drug-likeness (QED) is 0.534. The maximum Gasteiger partial charge on any atom is 0.283 e. The van der Waals surface area contributed by atoms with Crippen LogP contribution >= 0.6 is 34.5 Å². The summed E-state index contributed by atoms with van der Waals surface area (Å²) in [4.78, 5) is 17.7. The van der Waals surface area contributed by atoms with E-state index in [9.17, 15) is 4.79 Å². The van der Waals surface area contributed by atoms with Crippen LogP contribution in [0, 0.1) is 0 Å². The summed E-state index contributed by atoms with van der Waals surface area (Å²) in [5, 5.41) is 1.08. The summed E-state index contributed by atoms with van der Waals surface area (Å²) in [5.74, 6) is 0.00957. The van der Waals surface area contributed by atoms with E-state index in [1.165, 1.54) is 18.4 Å². The Hall–Kier alpha value is -1.86. The largest absolute Gasteiger partial charge is 0.496 e. The van der Waals surface area contributed by atoms with Gasteiger partial charge in [0.15, 0.2) is 4.80 Å². The molecule has 8 heteroatoms. The average Bonchev–Trinajstić information content (AvgIpc) is 2.98. The van der Waals surface area contributed by atoms with Crippen molar-refractivity contribution in [1.82, 2.24) is 4.57 Å². The third-order valence-electron chi connectivity index (χ3n) is 3.90. The third-order valence-corrected chi connectivity index (χ3v) is 5.41. The number of halogens is 2. The molecule has 0 spiro atoms. The van der Waals surface area contributed by atoms with Crippen LogP contribution in [0.25, 0.3) is 10.2 Å². The van der Waals surface area contributed by atoms with Crippen LogP contribution in [0.15, 0.2) is 41.4 Å². The highest BCUT2D eigenvalue weighted by Crippen LogP contribution is 2.24. The molecule has 2 aromatic carbocycles. The Kier molecular flexibility index (Phi) is 6.55. The van der Waals surface area contributed by atoms with Gasteiger partial charge in [-0.2, -0.15) is 4.99 Å². The van der Waals surface area contributed by atoms with Crippen molar-refractivity contribution < 1.29 is 14.3 Å². The van der Waals surface area contributed by atoms with E-state index in [-0.39, 0.29) is 0 Å². The summed E-state index contributed by atoms with van der Waals surface area (Å²) >= 11 is 13.5. The molecular formula is C19H18Cl2N2O3S. The summed E-state index contributed by atoms with van der Waals surface area (Å²) in [6.07, 6.45) is 0. The highest BCUT2D eigenvalue weighted by molar-refractivity contribution is 7.16. The van der Waals surface area contributed by atoms with Crippen molar-refractivity contribution in [1.29, 1.82) is 0 Å². The van der Waals surface area contributed by atoms with E-state index >= 15 is 0 Å². The molecule has 142 valence electrons. The van der Waals surface area contributed by atoms with E-state index in [1.807, 2.05) is 29.7 Å². The Morgan fingerprint density at radius 2 is 1.93 bits per heavy atom. The number of fused-ring (bicyclic) bond motifs is 1. The van der Waals surface area contributed by atoms with Crippen molar-refractivity contribution in [2.24, 2.45) is 4.99 Å². The highest BCUT2D eigenvalue weighted by atomic mass is 35.5. The molecule has 0 aliphatic carbocycles. The SMILES string of the molecule is CCOCCn1c(=NC(=O)c2cc(Cl)ccc2OC)sc2cc(Cl)ccc21. The summed E-state index contributed by atoms with van der Waals surface area (Å²) in [6.45, 7) is 3.66. The molecule has 0 atom stereocenters. The van der Waals surface area contributed by atoms with Gasteiger partial charge >= 0.3 is 0 Å². The molecule has 0 fully saturated rings. The van der Waals surface area contributed by atoms with Crippen molar-refractivity contribution in [2.75, 3.05) is 20.3 Å². The van der Waals surface area contributed by atoms with Crippen molar-refractivity contribution >= 4 is 50.7 Å². The van der Waals surface area contributed by atoms with Crippen LogP contribution in [0.5, 0.6) is 5.75 Å². The lowest BCUT2D eigenvalue weighted by Gasteiger charge is -2.07. The summed E-state index contributed by atoms with van der Waals surface area (Å²) < 4.78 is 13.6. The lowest BCUT2D eigenvalue weighted by atomic mass is 10.2. The fraction of sp³-hybridized carbons (Fsp3) is 0.263. The fourth-order valence-electron chi connectivity index (χ4n) is 2.64. The standard InChI is InChI=1S/C19H18Cl2N2O3S/c1-3-26-9-8-23-15-6-4-13(21)11-17(15)27-19(23)22-18(24)14-10-12(20)5-7-16(14)25-2/h4-7,10-11H,3,8-9H2,1-2H3. The molecule has 5 nitrogen and oxygen atoms in total. The van der Waals surface area contributed by atoms with Gasteiger partial charge in [0.2, 0.25) is 0 Å². The topological polar surface area (TPSA) is 52.8 Å². The molecule has 0 aliphatic rings. The van der Waals surface area contributed by atoms with Gasteiger partial charge in [0.1, 0.15) is 5.75 Å². The van der Waals surface area contributed by atoms with Crippen LogP contribution in [-0.4, -0.2) is 30.8 Å². The number of carbonyl (C=O) groups is 1. The molecule has 0 saturated carbocycles. The first-order valence-corrected chi connectivity index (χ1v) is 9.90. The average molecular weight is 425 g/mol. The molecular weight excluding hydrogens is 407 g/mol. The normalized spacial score (nSPS) is 11.9. The first-order valence-electron chi connectivity index (χ1n) is 8.32. The van der Waals surface area contributed by atoms with Crippen LogP contribution in [0.1, 0.15) is 17.3 Å². The van der Waals surface area contributed by atoms with E-state index in [0.29, 0.717) is 45.9 Å². The maximum atomic E-state index is 12.8. The van der Waals surface area contributed by atoms with E-state index in [2.05, 4.69) is 4.99 Å². The van der Waals surface area contributed by atoms with Gasteiger partial charge in [-0.15, -0.1) is 0 Å². The number of hydrogen-bond acceptors (Lipinski definition) is 4. The molecule has 0 bridgehead atoms. The molecule has 1 amide bonds. The predicted molar refractivity (Wildman–Crippen MR) is 109 cm³/mol. The summed E-state index contributed by atoms with van der Waals surface area (Å²) in [7, 11) is 1.50. The Morgan fingerprint density at radius 3 is 2.67 bits per heavy atom. The zero-order chi connectivity index (χ0) is 19.4. The number of aromatic nitrogens is 1. The predicted octanol–water partition coefficient (Wildman–Crippen LogP) is 4.80. The molecule has 0 aliphatic heterocycles. The Labute approximate surface area is 170 Å². The van der Waals surface area contributed by atoms with Gasteiger partial charge in [0.25, 0.3) is 5.91 Å². The number of hydrogen-bond donors (Lipinski definition) is 0. The first-order chi connectivity index (χ1) is 13.0. The van der Waals surface area contributed by atoms with Crippen molar-refractivity contribution in [3.05, 3.63) is 56.8 Å². The minimum absolute atomic E-state index is 0.317. The number of amides is 1. The number of nitrogens with zero attached hydrogens (tertiary/aromatic N) is 2. The second-order valence-electron chi connectivity index (χ2n) is 5.61. The van der Waals surface area contributed by atoms with Crippen LogP contribution in [0.2, 0.25) is 10.0 Å². The molecule has 3 rings (SSSR count). The van der Waals surface area contributed by atoms with Gasteiger partial charge in [-0.1, -0.05) is 34.5 Å². The number of methoxy groups -OCH3 is 1. The van der Waals surface area contributed by atoms with Gasteiger partial charge in [0.05, 0.1) is 29.5 Å². The molecule has 27 heavy (non-hydrogen) atoms. The number of carbonyl (C=O) groups excluding carboxylic acids is 1.